The number of aryl methyl sites for hydroxylation is 1. The minimum Gasteiger partial charge on any atom is -0.471 e. The lowest BCUT2D eigenvalue weighted by Crippen LogP contribution is -2.21. The van der Waals surface area contributed by atoms with Crippen LogP contribution >= 0.6 is 0 Å². The summed E-state index contributed by atoms with van der Waals surface area (Å²) in [5.74, 6) is -1.05. The summed E-state index contributed by atoms with van der Waals surface area (Å²) >= 11 is 0. The molecule has 2 heterocycles. The van der Waals surface area contributed by atoms with E-state index in [1.165, 1.54) is 47.0 Å². The van der Waals surface area contributed by atoms with Crippen molar-refractivity contribution in [3.05, 3.63) is 59.7 Å². The Labute approximate surface area is 168 Å². The van der Waals surface area contributed by atoms with Gasteiger partial charge in [-0.2, -0.15) is 23.4 Å². The fourth-order valence-corrected chi connectivity index (χ4v) is 2.51. The second-order valence-electron chi connectivity index (χ2n) is 6.14. The highest BCUT2D eigenvalue weighted by molar-refractivity contribution is 6.07. The number of aromatic nitrogens is 4. The van der Waals surface area contributed by atoms with Gasteiger partial charge in [0.05, 0.1) is 11.3 Å². The lowest BCUT2D eigenvalue weighted by atomic mass is 10.2. The Hall–Kier alpha value is -3.83. The highest BCUT2D eigenvalue weighted by Gasteiger charge is 2.30. The van der Waals surface area contributed by atoms with E-state index in [4.69, 9.17) is 4.74 Å². The van der Waals surface area contributed by atoms with Crippen LogP contribution in [0.25, 0.3) is 0 Å². The predicted molar refractivity (Wildman–Crippen MR) is 98.9 cm³/mol. The van der Waals surface area contributed by atoms with Crippen molar-refractivity contribution in [2.24, 2.45) is 7.05 Å². The van der Waals surface area contributed by atoms with Gasteiger partial charge in [-0.3, -0.25) is 14.3 Å². The zero-order valence-corrected chi connectivity index (χ0v) is 15.9. The van der Waals surface area contributed by atoms with Crippen molar-refractivity contribution in [3.63, 3.8) is 0 Å². The monoisotopic (exact) mass is 422 g/mol. The summed E-state index contributed by atoms with van der Waals surface area (Å²) < 4.78 is 46.2. The van der Waals surface area contributed by atoms with E-state index in [9.17, 15) is 22.8 Å². The quantitative estimate of drug-likeness (QED) is 0.635. The highest BCUT2D eigenvalue weighted by Crippen LogP contribution is 2.31. The third-order valence-corrected chi connectivity index (χ3v) is 3.92. The fraction of sp³-hybridized carbons (Fsp3) is 0.222. The van der Waals surface area contributed by atoms with Gasteiger partial charge in [0.15, 0.2) is 18.1 Å². The van der Waals surface area contributed by atoms with Crippen molar-refractivity contribution >= 4 is 17.5 Å². The third-order valence-electron chi connectivity index (χ3n) is 3.92. The number of hydrogen-bond donors (Lipinski definition) is 2. The van der Waals surface area contributed by atoms with Gasteiger partial charge in [-0.15, -0.1) is 0 Å². The molecule has 2 N–H and O–H groups in total. The number of nitrogens with one attached hydrogen (secondary N) is 2. The summed E-state index contributed by atoms with van der Waals surface area (Å²) in [7, 11) is 3.04. The first-order valence-corrected chi connectivity index (χ1v) is 8.58. The lowest BCUT2D eigenvalue weighted by Gasteiger charge is -2.10. The third kappa shape index (κ3) is 4.77. The molecular weight excluding hydrogens is 405 g/mol. The molecule has 0 saturated carbocycles. The van der Waals surface area contributed by atoms with E-state index in [2.05, 4.69) is 20.8 Å². The standard InChI is InChI=1S/C18H17F3N6O3/c1-22-17(29)15-14(9-26(2)25-15)23-16(28)13-6-7-27(24-13)10-30-12-5-3-4-11(8-12)18(19,20)21/h3-9H,10H2,1-2H3,(H,22,29)(H,23,28). The summed E-state index contributed by atoms with van der Waals surface area (Å²) in [6, 6.07) is 5.84. The molecular formula is C18H17F3N6O3. The Morgan fingerprint density at radius 2 is 1.93 bits per heavy atom. The number of ether oxygens (including phenoxy) is 1. The fourth-order valence-electron chi connectivity index (χ4n) is 2.51. The maximum absolute atomic E-state index is 12.8. The molecule has 0 atom stereocenters. The van der Waals surface area contributed by atoms with E-state index in [-0.39, 0.29) is 29.6 Å². The van der Waals surface area contributed by atoms with E-state index in [0.717, 1.165) is 12.1 Å². The molecule has 0 saturated heterocycles. The van der Waals surface area contributed by atoms with Gasteiger partial charge in [-0.1, -0.05) is 6.07 Å². The van der Waals surface area contributed by atoms with Gasteiger partial charge in [-0.25, -0.2) is 4.68 Å². The second-order valence-corrected chi connectivity index (χ2v) is 6.14. The molecule has 158 valence electrons. The van der Waals surface area contributed by atoms with Crippen LogP contribution in [0.15, 0.2) is 42.7 Å². The number of halogens is 3. The Morgan fingerprint density at radius 3 is 2.63 bits per heavy atom. The molecule has 0 fully saturated rings. The Morgan fingerprint density at radius 1 is 1.17 bits per heavy atom. The number of alkyl halides is 3. The van der Waals surface area contributed by atoms with Gasteiger partial charge >= 0.3 is 6.18 Å². The van der Waals surface area contributed by atoms with E-state index in [0.29, 0.717) is 0 Å². The van der Waals surface area contributed by atoms with Crippen LogP contribution in [0.2, 0.25) is 0 Å². The lowest BCUT2D eigenvalue weighted by molar-refractivity contribution is -0.137. The van der Waals surface area contributed by atoms with E-state index < -0.39 is 23.6 Å². The molecule has 0 unspecified atom stereocenters. The average Bonchev–Trinajstić information content (AvgIpc) is 3.32. The Kier molecular flexibility index (Phi) is 5.76. The summed E-state index contributed by atoms with van der Waals surface area (Å²) in [5.41, 5.74) is -0.560. The molecule has 0 aliphatic heterocycles. The zero-order valence-electron chi connectivity index (χ0n) is 15.9. The second kappa shape index (κ2) is 8.27. The summed E-state index contributed by atoms with van der Waals surface area (Å²) in [4.78, 5) is 24.2. The molecule has 3 aromatic rings. The smallest absolute Gasteiger partial charge is 0.416 e. The number of nitrogens with zero attached hydrogens (tertiary/aromatic N) is 4. The molecule has 0 aliphatic carbocycles. The Balaban J connectivity index is 1.66. The van der Waals surface area contributed by atoms with Crippen LogP contribution in [0.3, 0.4) is 0 Å². The summed E-state index contributed by atoms with van der Waals surface area (Å²) in [5, 5.41) is 13.0. The van der Waals surface area contributed by atoms with E-state index in [1.54, 1.807) is 7.05 Å². The Bertz CT molecular complexity index is 1070. The molecule has 2 amide bonds. The van der Waals surface area contributed by atoms with Crippen LogP contribution in [-0.4, -0.2) is 38.4 Å². The maximum Gasteiger partial charge on any atom is 0.416 e. The molecule has 0 bridgehead atoms. The van der Waals surface area contributed by atoms with Gasteiger partial charge in [0.2, 0.25) is 0 Å². The van der Waals surface area contributed by atoms with Crippen molar-refractivity contribution < 1.29 is 27.5 Å². The zero-order chi connectivity index (χ0) is 21.9. The predicted octanol–water partition coefficient (Wildman–Crippen LogP) is 2.28. The molecule has 12 heteroatoms. The van der Waals surface area contributed by atoms with Gasteiger partial charge < -0.3 is 15.4 Å². The maximum atomic E-state index is 12.8. The first-order valence-electron chi connectivity index (χ1n) is 8.58. The topological polar surface area (TPSA) is 103 Å². The molecule has 0 radical (unpaired) electrons. The van der Waals surface area contributed by atoms with Gasteiger partial charge in [-0.05, 0) is 24.3 Å². The number of hydrogen-bond acceptors (Lipinski definition) is 5. The number of benzene rings is 1. The largest absolute Gasteiger partial charge is 0.471 e. The number of carbonyl (C=O) groups is 2. The number of anilines is 1. The van der Waals surface area contributed by atoms with Crippen LogP contribution in [0.1, 0.15) is 26.5 Å². The molecule has 1 aromatic carbocycles. The van der Waals surface area contributed by atoms with Crippen LogP contribution < -0.4 is 15.4 Å². The average molecular weight is 422 g/mol. The van der Waals surface area contributed by atoms with Gasteiger partial charge in [0.25, 0.3) is 11.8 Å². The van der Waals surface area contributed by atoms with Gasteiger partial charge in [0.1, 0.15) is 5.75 Å². The molecule has 9 nitrogen and oxygen atoms in total. The summed E-state index contributed by atoms with van der Waals surface area (Å²) in [6.45, 7) is -0.203. The van der Waals surface area contributed by atoms with Crippen molar-refractivity contribution in [2.45, 2.75) is 12.9 Å². The molecule has 3 rings (SSSR count). The first kappa shape index (κ1) is 20.9. The SMILES string of the molecule is CNC(=O)c1nn(C)cc1NC(=O)c1ccn(COc2cccc(C(F)(F)F)c2)n1. The van der Waals surface area contributed by atoms with Crippen LogP contribution in [0, 0.1) is 0 Å². The number of rotatable bonds is 6. The first-order chi connectivity index (χ1) is 14.2. The normalized spacial score (nSPS) is 11.2. The number of amides is 2. The van der Waals surface area contributed by atoms with Crippen molar-refractivity contribution in [3.8, 4) is 5.75 Å². The van der Waals surface area contributed by atoms with E-state index in [1.807, 2.05) is 0 Å². The van der Waals surface area contributed by atoms with Crippen molar-refractivity contribution in [2.75, 3.05) is 12.4 Å². The van der Waals surface area contributed by atoms with Crippen molar-refractivity contribution in [1.29, 1.82) is 0 Å². The molecule has 0 aliphatic rings. The van der Waals surface area contributed by atoms with Crippen LogP contribution in [0.5, 0.6) is 5.75 Å². The molecule has 0 spiro atoms. The van der Waals surface area contributed by atoms with Gasteiger partial charge in [0, 0.05) is 26.5 Å². The van der Waals surface area contributed by atoms with Crippen LogP contribution in [-0.2, 0) is 20.0 Å². The summed E-state index contributed by atoms with van der Waals surface area (Å²) in [6.07, 6.45) is -1.57. The van der Waals surface area contributed by atoms with E-state index >= 15 is 0 Å². The highest BCUT2D eigenvalue weighted by atomic mass is 19.4. The minimum atomic E-state index is -4.48. The number of carbonyl (C=O) groups excluding carboxylic acids is 2. The molecule has 2 aromatic heterocycles. The van der Waals surface area contributed by atoms with Crippen molar-refractivity contribution in [1.82, 2.24) is 24.9 Å². The molecule has 30 heavy (non-hydrogen) atoms. The van der Waals surface area contributed by atoms with Crippen LogP contribution in [0.4, 0.5) is 18.9 Å². The minimum absolute atomic E-state index is 0.0110.